The Morgan fingerprint density at radius 3 is 2.63 bits per heavy atom. The van der Waals surface area contributed by atoms with Crippen LogP contribution in [0.25, 0.3) is 10.9 Å². The lowest BCUT2D eigenvalue weighted by atomic mass is 10.1. The van der Waals surface area contributed by atoms with Crippen LogP contribution in [0, 0.1) is 10.1 Å². The highest BCUT2D eigenvalue weighted by atomic mass is 32.2. The van der Waals surface area contributed by atoms with E-state index >= 15 is 0 Å². The van der Waals surface area contributed by atoms with Gasteiger partial charge in [-0.15, -0.1) is 0 Å². The molecular weight excluding hydrogens is 362 g/mol. The van der Waals surface area contributed by atoms with Gasteiger partial charge in [0.1, 0.15) is 0 Å². The van der Waals surface area contributed by atoms with Gasteiger partial charge in [-0.2, -0.15) is 0 Å². The summed E-state index contributed by atoms with van der Waals surface area (Å²) in [5.74, 6) is 0. The molecule has 0 bridgehead atoms. The first-order valence-electron chi connectivity index (χ1n) is 8.84. The molecule has 6 nitrogen and oxygen atoms in total. The number of nitro benzene ring substituents is 1. The summed E-state index contributed by atoms with van der Waals surface area (Å²) in [5.41, 5.74) is 1.50. The fourth-order valence-electron chi connectivity index (χ4n) is 2.90. The molecule has 1 heterocycles. The average Bonchev–Trinajstić information content (AvgIpc) is 2.67. The van der Waals surface area contributed by atoms with Gasteiger partial charge in [-0.3, -0.25) is 19.5 Å². The zero-order chi connectivity index (χ0) is 19.6. The van der Waals surface area contributed by atoms with Crippen molar-refractivity contribution in [2.75, 3.05) is 0 Å². The number of benzene rings is 2. The monoisotopic (exact) mass is 383 g/mol. The fourth-order valence-corrected chi connectivity index (χ4v) is 4.02. The largest absolute Gasteiger partial charge is 0.284 e. The van der Waals surface area contributed by atoms with Crippen molar-refractivity contribution in [1.82, 2.24) is 9.55 Å². The van der Waals surface area contributed by atoms with Gasteiger partial charge in [0.2, 0.25) is 0 Å². The zero-order valence-electron chi connectivity index (χ0n) is 15.5. The van der Waals surface area contributed by atoms with Crippen molar-refractivity contribution in [3.8, 4) is 0 Å². The molecule has 27 heavy (non-hydrogen) atoms. The number of nitro groups is 1. The van der Waals surface area contributed by atoms with E-state index in [4.69, 9.17) is 4.98 Å². The van der Waals surface area contributed by atoms with Crippen LogP contribution in [0.2, 0.25) is 0 Å². The third-order valence-electron chi connectivity index (χ3n) is 4.64. The van der Waals surface area contributed by atoms with Gasteiger partial charge >= 0.3 is 0 Å². The SMILES string of the molecule is CC[C@H](C)n1c(S[C@H](C)c2cccc([N+](=O)[O-])c2)nc2ccccc2c1=O. The second kappa shape index (κ2) is 7.92. The predicted octanol–water partition coefficient (Wildman–Crippen LogP) is 5.13. The average molecular weight is 383 g/mol. The molecular formula is C20H21N3O3S. The van der Waals surface area contributed by atoms with Crippen LogP contribution in [0.4, 0.5) is 5.69 Å². The Balaban J connectivity index is 2.06. The number of hydrogen-bond donors (Lipinski definition) is 0. The van der Waals surface area contributed by atoms with Crippen LogP contribution >= 0.6 is 11.8 Å². The maximum absolute atomic E-state index is 13.0. The van der Waals surface area contributed by atoms with Crippen LogP contribution in [-0.2, 0) is 0 Å². The maximum Gasteiger partial charge on any atom is 0.269 e. The first-order valence-corrected chi connectivity index (χ1v) is 9.72. The molecule has 3 rings (SSSR count). The summed E-state index contributed by atoms with van der Waals surface area (Å²) in [7, 11) is 0. The van der Waals surface area contributed by atoms with Gasteiger partial charge in [0.15, 0.2) is 5.16 Å². The molecule has 0 N–H and O–H groups in total. The minimum Gasteiger partial charge on any atom is -0.284 e. The molecule has 0 spiro atoms. The van der Waals surface area contributed by atoms with Crippen molar-refractivity contribution >= 4 is 28.4 Å². The van der Waals surface area contributed by atoms with Crippen LogP contribution in [-0.4, -0.2) is 14.5 Å². The molecule has 0 amide bonds. The van der Waals surface area contributed by atoms with E-state index in [2.05, 4.69) is 0 Å². The molecule has 7 heteroatoms. The third kappa shape index (κ3) is 3.88. The summed E-state index contributed by atoms with van der Waals surface area (Å²) in [4.78, 5) is 28.4. The van der Waals surface area contributed by atoms with Gasteiger partial charge in [0.25, 0.3) is 11.2 Å². The van der Waals surface area contributed by atoms with Crippen LogP contribution in [0.3, 0.4) is 0 Å². The lowest BCUT2D eigenvalue weighted by molar-refractivity contribution is -0.384. The number of aromatic nitrogens is 2. The molecule has 0 aliphatic heterocycles. The van der Waals surface area contributed by atoms with E-state index in [-0.39, 0.29) is 22.5 Å². The van der Waals surface area contributed by atoms with Gasteiger partial charge in [-0.25, -0.2) is 4.98 Å². The molecule has 140 valence electrons. The summed E-state index contributed by atoms with van der Waals surface area (Å²) in [6, 6.07) is 13.9. The first-order chi connectivity index (χ1) is 12.9. The summed E-state index contributed by atoms with van der Waals surface area (Å²) in [6.45, 7) is 6.00. The highest BCUT2D eigenvalue weighted by Crippen LogP contribution is 2.36. The van der Waals surface area contributed by atoms with Crippen molar-refractivity contribution in [2.24, 2.45) is 0 Å². The molecule has 1 aromatic heterocycles. The second-order valence-corrected chi connectivity index (χ2v) is 7.76. The molecule has 0 saturated carbocycles. The topological polar surface area (TPSA) is 78.0 Å². The van der Waals surface area contributed by atoms with Crippen LogP contribution in [0.15, 0.2) is 58.5 Å². The van der Waals surface area contributed by atoms with Crippen LogP contribution in [0.1, 0.15) is 44.0 Å². The zero-order valence-corrected chi connectivity index (χ0v) is 16.3. The first kappa shape index (κ1) is 19.1. The molecule has 0 aliphatic carbocycles. The van der Waals surface area contributed by atoms with Crippen molar-refractivity contribution in [3.05, 3.63) is 74.6 Å². The molecule has 0 radical (unpaired) electrons. The summed E-state index contributed by atoms with van der Waals surface area (Å²) >= 11 is 1.45. The molecule has 2 aromatic carbocycles. The molecule has 2 atom stereocenters. The van der Waals surface area contributed by atoms with E-state index in [1.807, 2.05) is 45.0 Å². The van der Waals surface area contributed by atoms with Gasteiger partial charge in [-0.05, 0) is 38.0 Å². The molecule has 0 aliphatic rings. The number of nitrogens with zero attached hydrogens (tertiary/aromatic N) is 3. The lowest BCUT2D eigenvalue weighted by Gasteiger charge is -2.20. The van der Waals surface area contributed by atoms with Gasteiger partial charge < -0.3 is 0 Å². The molecule has 0 unspecified atom stereocenters. The highest BCUT2D eigenvalue weighted by Gasteiger charge is 2.19. The number of thioether (sulfide) groups is 1. The Morgan fingerprint density at radius 1 is 1.19 bits per heavy atom. The number of para-hydroxylation sites is 1. The molecule has 3 aromatic rings. The van der Waals surface area contributed by atoms with E-state index in [0.717, 1.165) is 12.0 Å². The van der Waals surface area contributed by atoms with E-state index in [1.165, 1.54) is 17.8 Å². The van der Waals surface area contributed by atoms with Crippen molar-refractivity contribution < 1.29 is 4.92 Å². The van der Waals surface area contributed by atoms with E-state index in [0.29, 0.717) is 16.1 Å². The number of rotatable bonds is 6. The quantitative estimate of drug-likeness (QED) is 0.255. The van der Waals surface area contributed by atoms with Gasteiger partial charge in [0.05, 0.1) is 15.8 Å². The molecule has 0 fully saturated rings. The van der Waals surface area contributed by atoms with E-state index < -0.39 is 4.92 Å². The summed E-state index contributed by atoms with van der Waals surface area (Å²) < 4.78 is 1.74. The summed E-state index contributed by atoms with van der Waals surface area (Å²) in [6.07, 6.45) is 0.804. The van der Waals surface area contributed by atoms with Crippen molar-refractivity contribution in [3.63, 3.8) is 0 Å². The number of fused-ring (bicyclic) bond motifs is 1. The Morgan fingerprint density at radius 2 is 1.93 bits per heavy atom. The maximum atomic E-state index is 13.0. The Labute approximate surface area is 161 Å². The Kier molecular flexibility index (Phi) is 5.60. The lowest BCUT2D eigenvalue weighted by Crippen LogP contribution is -2.26. The van der Waals surface area contributed by atoms with E-state index in [9.17, 15) is 14.9 Å². The van der Waals surface area contributed by atoms with Crippen molar-refractivity contribution in [2.45, 2.75) is 43.6 Å². The normalized spacial score (nSPS) is 13.4. The Hall–Kier alpha value is -2.67. The van der Waals surface area contributed by atoms with Gasteiger partial charge in [-0.1, -0.05) is 43.0 Å². The van der Waals surface area contributed by atoms with Crippen molar-refractivity contribution in [1.29, 1.82) is 0 Å². The Bertz CT molecular complexity index is 1050. The minimum absolute atomic E-state index is 0.00872. The number of hydrogen-bond acceptors (Lipinski definition) is 5. The second-order valence-electron chi connectivity index (χ2n) is 6.46. The highest BCUT2D eigenvalue weighted by molar-refractivity contribution is 7.99. The number of non-ortho nitro benzene ring substituents is 1. The van der Waals surface area contributed by atoms with Crippen LogP contribution in [0.5, 0.6) is 0 Å². The van der Waals surface area contributed by atoms with Crippen LogP contribution < -0.4 is 5.56 Å². The standard InChI is InChI=1S/C20H21N3O3S/c1-4-13(2)22-19(24)17-10-5-6-11-18(17)21-20(22)27-14(3)15-8-7-9-16(12-15)23(25)26/h5-14H,4H2,1-3H3/t13-,14+/m0/s1. The predicted molar refractivity (Wildman–Crippen MR) is 108 cm³/mol. The smallest absolute Gasteiger partial charge is 0.269 e. The fraction of sp³-hybridized carbons (Fsp3) is 0.300. The van der Waals surface area contributed by atoms with Gasteiger partial charge in [0, 0.05) is 23.4 Å². The summed E-state index contributed by atoms with van der Waals surface area (Å²) in [5, 5.41) is 12.2. The molecule has 0 saturated heterocycles. The van der Waals surface area contributed by atoms with E-state index in [1.54, 1.807) is 22.8 Å². The minimum atomic E-state index is -0.399. The third-order valence-corrected chi connectivity index (χ3v) is 5.76.